The molecule has 0 aromatic carbocycles. The van der Waals surface area contributed by atoms with Crippen LogP contribution in [0.1, 0.15) is 58.2 Å². The third-order valence-electron chi connectivity index (χ3n) is 3.92. The normalized spacial score (nSPS) is 19.9. The molecule has 1 aliphatic rings. The fraction of sp³-hybridized carbons (Fsp3) is 0.867. The monoisotopic (exact) mass is 280 g/mol. The lowest BCUT2D eigenvalue weighted by molar-refractivity contribution is 0.157. The van der Waals surface area contributed by atoms with Gasteiger partial charge in [-0.1, -0.05) is 18.5 Å². The largest absolute Gasteiger partial charge is 0.338 e. The molecular weight excluding hydrogens is 252 g/mol. The fourth-order valence-corrected chi connectivity index (χ4v) is 2.67. The fourth-order valence-electron chi connectivity index (χ4n) is 2.67. The van der Waals surface area contributed by atoms with Gasteiger partial charge in [0.15, 0.2) is 5.82 Å². The molecule has 0 radical (unpaired) electrons. The van der Waals surface area contributed by atoms with Crippen LogP contribution in [-0.4, -0.2) is 40.2 Å². The number of hydrogen-bond acceptors (Lipinski definition) is 5. The highest BCUT2D eigenvalue weighted by Gasteiger charge is 2.20. The SMILES string of the molecule is CCCc1noc(CN(CC2CCCCN2)C(C)C)n1. The van der Waals surface area contributed by atoms with Gasteiger partial charge in [0.2, 0.25) is 5.89 Å². The molecule has 5 heteroatoms. The minimum atomic E-state index is 0.486. The lowest BCUT2D eigenvalue weighted by atomic mass is 10.0. The molecule has 2 rings (SSSR count). The molecular formula is C15H28N4O. The van der Waals surface area contributed by atoms with Crippen LogP contribution in [0.3, 0.4) is 0 Å². The van der Waals surface area contributed by atoms with Crippen LogP contribution >= 0.6 is 0 Å². The van der Waals surface area contributed by atoms with E-state index in [1.807, 2.05) is 0 Å². The number of nitrogens with zero attached hydrogens (tertiary/aromatic N) is 3. The van der Waals surface area contributed by atoms with Gasteiger partial charge < -0.3 is 9.84 Å². The van der Waals surface area contributed by atoms with Gasteiger partial charge in [-0.15, -0.1) is 0 Å². The summed E-state index contributed by atoms with van der Waals surface area (Å²) >= 11 is 0. The maximum atomic E-state index is 5.36. The van der Waals surface area contributed by atoms with Crippen molar-refractivity contribution >= 4 is 0 Å². The van der Waals surface area contributed by atoms with Crippen molar-refractivity contribution in [2.45, 2.75) is 71.5 Å². The zero-order chi connectivity index (χ0) is 14.4. The van der Waals surface area contributed by atoms with Crippen LogP contribution in [0, 0.1) is 0 Å². The van der Waals surface area contributed by atoms with Gasteiger partial charge >= 0.3 is 0 Å². The van der Waals surface area contributed by atoms with Crippen LogP contribution in [0.2, 0.25) is 0 Å². The van der Waals surface area contributed by atoms with Gasteiger partial charge in [-0.25, -0.2) is 0 Å². The van der Waals surface area contributed by atoms with E-state index in [9.17, 15) is 0 Å². The summed E-state index contributed by atoms with van der Waals surface area (Å²) in [6.07, 6.45) is 5.87. The molecule has 0 aliphatic carbocycles. The Hall–Kier alpha value is -0.940. The maximum absolute atomic E-state index is 5.36. The summed E-state index contributed by atoms with van der Waals surface area (Å²) in [5.74, 6) is 1.58. The van der Waals surface area contributed by atoms with Gasteiger partial charge in [0.25, 0.3) is 0 Å². The van der Waals surface area contributed by atoms with Gasteiger partial charge in [-0.05, 0) is 39.7 Å². The second-order valence-corrected chi connectivity index (χ2v) is 6.02. The average Bonchev–Trinajstić information content (AvgIpc) is 2.87. The van der Waals surface area contributed by atoms with Crippen molar-refractivity contribution in [3.05, 3.63) is 11.7 Å². The highest BCUT2D eigenvalue weighted by atomic mass is 16.5. The van der Waals surface area contributed by atoms with Gasteiger partial charge in [0.1, 0.15) is 0 Å². The standard InChI is InChI=1S/C15H28N4O/c1-4-7-14-17-15(20-18-14)11-19(12(2)3)10-13-8-5-6-9-16-13/h12-13,16H,4-11H2,1-3H3. The van der Waals surface area contributed by atoms with Crippen LogP contribution in [0.4, 0.5) is 0 Å². The number of rotatable bonds is 7. The average molecular weight is 280 g/mol. The molecule has 20 heavy (non-hydrogen) atoms. The predicted molar refractivity (Wildman–Crippen MR) is 79.5 cm³/mol. The second kappa shape index (κ2) is 7.74. The van der Waals surface area contributed by atoms with E-state index in [4.69, 9.17) is 4.52 Å². The van der Waals surface area contributed by atoms with Crippen LogP contribution in [0.15, 0.2) is 4.52 Å². The smallest absolute Gasteiger partial charge is 0.240 e. The van der Waals surface area contributed by atoms with E-state index in [0.717, 1.165) is 44.2 Å². The summed E-state index contributed by atoms with van der Waals surface area (Å²) in [6.45, 7) is 9.55. The first-order chi connectivity index (χ1) is 9.69. The van der Waals surface area contributed by atoms with E-state index in [2.05, 4.69) is 41.1 Å². The number of hydrogen-bond donors (Lipinski definition) is 1. The van der Waals surface area contributed by atoms with Crippen molar-refractivity contribution in [3.8, 4) is 0 Å². The Kier molecular flexibility index (Phi) is 5.98. The first-order valence-electron chi connectivity index (χ1n) is 7.98. The molecule has 0 amide bonds. The Balaban J connectivity index is 1.90. The third kappa shape index (κ3) is 4.56. The summed E-state index contributed by atoms with van der Waals surface area (Å²) < 4.78 is 5.36. The Morgan fingerprint density at radius 2 is 2.25 bits per heavy atom. The number of piperidine rings is 1. The summed E-state index contributed by atoms with van der Waals surface area (Å²) in [5.41, 5.74) is 0. The number of nitrogens with one attached hydrogen (secondary N) is 1. The van der Waals surface area contributed by atoms with Gasteiger partial charge in [-0.3, -0.25) is 4.90 Å². The molecule has 1 saturated heterocycles. The molecule has 5 nitrogen and oxygen atoms in total. The summed E-state index contributed by atoms with van der Waals surface area (Å²) in [6, 6.07) is 1.09. The summed E-state index contributed by atoms with van der Waals surface area (Å²) in [7, 11) is 0. The zero-order valence-electron chi connectivity index (χ0n) is 13.1. The quantitative estimate of drug-likeness (QED) is 0.831. The first kappa shape index (κ1) is 15.4. The van der Waals surface area contributed by atoms with Crippen LogP contribution in [0.25, 0.3) is 0 Å². The van der Waals surface area contributed by atoms with E-state index >= 15 is 0 Å². The van der Waals surface area contributed by atoms with Crippen molar-refractivity contribution in [1.29, 1.82) is 0 Å². The van der Waals surface area contributed by atoms with E-state index in [0.29, 0.717) is 12.1 Å². The molecule has 1 fully saturated rings. The highest BCUT2D eigenvalue weighted by molar-refractivity contribution is 4.88. The molecule has 1 aliphatic heterocycles. The molecule has 1 aromatic rings. The predicted octanol–water partition coefficient (Wildman–Crippen LogP) is 2.37. The van der Waals surface area contributed by atoms with Crippen LogP contribution < -0.4 is 5.32 Å². The molecule has 1 N–H and O–H groups in total. The van der Waals surface area contributed by atoms with Crippen LogP contribution in [-0.2, 0) is 13.0 Å². The zero-order valence-corrected chi connectivity index (χ0v) is 13.1. The van der Waals surface area contributed by atoms with Crippen molar-refractivity contribution in [3.63, 3.8) is 0 Å². The molecule has 2 heterocycles. The molecule has 114 valence electrons. The van der Waals surface area contributed by atoms with E-state index in [-0.39, 0.29) is 0 Å². The van der Waals surface area contributed by atoms with Crippen molar-refractivity contribution in [1.82, 2.24) is 20.4 Å². The maximum Gasteiger partial charge on any atom is 0.240 e. The molecule has 0 bridgehead atoms. The summed E-state index contributed by atoms with van der Waals surface area (Å²) in [5, 5.41) is 7.64. The molecule has 1 aromatic heterocycles. The minimum Gasteiger partial charge on any atom is -0.338 e. The number of aryl methyl sites for hydroxylation is 1. The molecule has 0 spiro atoms. The van der Waals surface area contributed by atoms with Crippen LogP contribution in [0.5, 0.6) is 0 Å². The molecule has 1 unspecified atom stereocenters. The Morgan fingerprint density at radius 1 is 1.40 bits per heavy atom. The van der Waals surface area contributed by atoms with Gasteiger partial charge in [0.05, 0.1) is 6.54 Å². The highest BCUT2D eigenvalue weighted by Crippen LogP contribution is 2.13. The van der Waals surface area contributed by atoms with E-state index in [1.165, 1.54) is 19.3 Å². The number of aromatic nitrogens is 2. The lowest BCUT2D eigenvalue weighted by Crippen LogP contribution is -2.45. The Labute approximate surface area is 122 Å². The summed E-state index contributed by atoms with van der Waals surface area (Å²) in [4.78, 5) is 6.90. The molecule has 1 atom stereocenters. The van der Waals surface area contributed by atoms with Crippen molar-refractivity contribution in [2.75, 3.05) is 13.1 Å². The van der Waals surface area contributed by atoms with E-state index in [1.54, 1.807) is 0 Å². The minimum absolute atomic E-state index is 0.486. The van der Waals surface area contributed by atoms with Gasteiger partial charge in [0, 0.05) is 25.0 Å². The third-order valence-corrected chi connectivity index (χ3v) is 3.92. The topological polar surface area (TPSA) is 54.2 Å². The van der Waals surface area contributed by atoms with E-state index < -0.39 is 0 Å². The molecule has 0 saturated carbocycles. The van der Waals surface area contributed by atoms with Gasteiger partial charge in [-0.2, -0.15) is 4.98 Å². The first-order valence-corrected chi connectivity index (χ1v) is 7.98. The Bertz CT molecular complexity index is 385. The second-order valence-electron chi connectivity index (χ2n) is 6.02. The van der Waals surface area contributed by atoms with Crippen molar-refractivity contribution < 1.29 is 4.52 Å². The Morgan fingerprint density at radius 3 is 2.90 bits per heavy atom. The van der Waals surface area contributed by atoms with Crippen molar-refractivity contribution in [2.24, 2.45) is 0 Å². The lowest BCUT2D eigenvalue weighted by Gasteiger charge is -2.32.